The van der Waals surface area contributed by atoms with Crippen molar-refractivity contribution in [2.45, 2.75) is 48.5 Å². The summed E-state index contributed by atoms with van der Waals surface area (Å²) in [5.41, 5.74) is 13.0. The van der Waals surface area contributed by atoms with E-state index in [0.717, 1.165) is 44.7 Å². The normalized spacial score (nSPS) is 10.5. The molecule has 0 aliphatic rings. The summed E-state index contributed by atoms with van der Waals surface area (Å²) in [7, 11) is 0. The minimum atomic E-state index is -0.0211. The number of aryl methyl sites for hydroxylation is 1. The molecule has 0 spiro atoms. The summed E-state index contributed by atoms with van der Waals surface area (Å²) in [5.74, 6) is -0.0211. The molecule has 0 saturated heterocycles. The number of H-pyrrole nitrogens is 1. The number of nitrogens with zero attached hydrogens (tertiary/aromatic N) is 1. The van der Waals surface area contributed by atoms with Crippen LogP contribution in [0.25, 0.3) is 33.8 Å². The third kappa shape index (κ3) is 5.67. The van der Waals surface area contributed by atoms with Crippen LogP contribution >= 0.6 is 0 Å². The first kappa shape index (κ1) is 23.9. The Bertz CT molecular complexity index is 1000. The van der Waals surface area contributed by atoms with Crippen LogP contribution in [0, 0.1) is 6.92 Å². The van der Waals surface area contributed by atoms with E-state index in [2.05, 4.69) is 22.6 Å². The summed E-state index contributed by atoms with van der Waals surface area (Å²) in [5, 5.41) is 1.04. The number of ketones is 1. The van der Waals surface area contributed by atoms with Gasteiger partial charge in [0.25, 0.3) is 0 Å². The van der Waals surface area contributed by atoms with Gasteiger partial charge in [-0.15, -0.1) is 0 Å². The van der Waals surface area contributed by atoms with Crippen LogP contribution in [0.1, 0.15) is 58.4 Å². The zero-order chi connectivity index (χ0) is 22.1. The molecule has 0 atom stereocenters. The van der Waals surface area contributed by atoms with Crippen LogP contribution in [0.15, 0.2) is 48.8 Å². The summed E-state index contributed by atoms with van der Waals surface area (Å²) >= 11 is 0. The molecule has 2 heterocycles. The van der Waals surface area contributed by atoms with E-state index in [9.17, 15) is 4.79 Å². The summed E-state index contributed by atoms with van der Waals surface area (Å²) < 4.78 is 0. The molecule has 29 heavy (non-hydrogen) atoms. The van der Waals surface area contributed by atoms with Crippen LogP contribution < -0.4 is 5.73 Å². The van der Waals surface area contributed by atoms with Crippen molar-refractivity contribution in [1.29, 1.82) is 0 Å². The predicted octanol–water partition coefficient (Wildman–Crippen LogP) is 6.51. The van der Waals surface area contributed by atoms with Gasteiger partial charge in [0, 0.05) is 39.7 Å². The molecule has 3 aromatic rings. The Morgan fingerprint density at radius 3 is 2.17 bits per heavy atom. The summed E-state index contributed by atoms with van der Waals surface area (Å²) in [4.78, 5) is 19.3. The molecule has 0 saturated carbocycles. The Balaban J connectivity index is 0.000000989. The summed E-state index contributed by atoms with van der Waals surface area (Å²) in [6.07, 6.45) is 3.80. The summed E-state index contributed by atoms with van der Waals surface area (Å²) in [6.45, 7) is 17.2. The van der Waals surface area contributed by atoms with Gasteiger partial charge < -0.3 is 10.7 Å². The number of nitrogens with two attached hydrogens (primary N) is 1. The minimum absolute atomic E-state index is 0.0211. The van der Waals surface area contributed by atoms with Crippen molar-refractivity contribution < 1.29 is 4.79 Å². The number of benzene rings is 1. The SMILES string of the molecule is C=C(C(C)=O)c1ccc(-c2cnc3[nH]c(C)c(/C=C(\C)N)c3c2)cc1.CC.CC. The fraction of sp³-hybridized carbons (Fsp3) is 0.280. The number of Topliss-reactive ketones (excluding diaryl/α,β-unsaturated/α-hetero) is 1. The van der Waals surface area contributed by atoms with Gasteiger partial charge in [0.05, 0.1) is 0 Å². The average molecular weight is 392 g/mol. The van der Waals surface area contributed by atoms with Gasteiger partial charge in [0.15, 0.2) is 5.78 Å². The van der Waals surface area contributed by atoms with E-state index in [1.54, 1.807) is 0 Å². The lowest BCUT2D eigenvalue weighted by Gasteiger charge is -2.05. The van der Waals surface area contributed by atoms with Crippen LogP contribution in [-0.2, 0) is 4.79 Å². The van der Waals surface area contributed by atoms with E-state index in [0.29, 0.717) is 5.57 Å². The quantitative estimate of drug-likeness (QED) is 0.498. The van der Waals surface area contributed by atoms with Crippen molar-refractivity contribution in [2.24, 2.45) is 5.73 Å². The summed E-state index contributed by atoms with van der Waals surface area (Å²) in [6, 6.07) is 9.90. The van der Waals surface area contributed by atoms with E-state index >= 15 is 0 Å². The predicted molar refractivity (Wildman–Crippen MR) is 127 cm³/mol. The molecule has 0 amide bonds. The largest absolute Gasteiger partial charge is 0.402 e. The van der Waals surface area contributed by atoms with Gasteiger partial charge in [-0.2, -0.15) is 0 Å². The second kappa shape index (κ2) is 11.0. The molecular weight excluding hydrogens is 358 g/mol. The highest BCUT2D eigenvalue weighted by Crippen LogP contribution is 2.28. The van der Waals surface area contributed by atoms with Crippen molar-refractivity contribution in [3.63, 3.8) is 0 Å². The Labute approximate surface area is 174 Å². The molecule has 0 aliphatic carbocycles. The van der Waals surface area contributed by atoms with E-state index in [1.807, 2.05) is 78.1 Å². The lowest BCUT2D eigenvalue weighted by Crippen LogP contribution is -1.93. The van der Waals surface area contributed by atoms with Gasteiger partial charge in [-0.05, 0) is 44.0 Å². The molecule has 3 N–H and O–H groups in total. The van der Waals surface area contributed by atoms with Gasteiger partial charge >= 0.3 is 0 Å². The highest BCUT2D eigenvalue weighted by Gasteiger charge is 2.10. The van der Waals surface area contributed by atoms with Crippen LogP contribution in [0.5, 0.6) is 0 Å². The Kier molecular flexibility index (Phi) is 9.07. The number of rotatable bonds is 4. The number of carbonyl (C=O) groups excluding carboxylic acids is 1. The molecule has 154 valence electrons. The molecule has 0 unspecified atom stereocenters. The molecule has 0 fully saturated rings. The van der Waals surface area contributed by atoms with Gasteiger partial charge in [-0.1, -0.05) is 58.5 Å². The van der Waals surface area contributed by atoms with Crippen LogP contribution in [-0.4, -0.2) is 15.8 Å². The topological polar surface area (TPSA) is 71.8 Å². The van der Waals surface area contributed by atoms with Crippen LogP contribution in [0.2, 0.25) is 0 Å². The Morgan fingerprint density at radius 1 is 1.07 bits per heavy atom. The van der Waals surface area contributed by atoms with Crippen molar-refractivity contribution in [3.8, 4) is 11.1 Å². The number of aromatic amines is 1. The molecule has 4 heteroatoms. The second-order valence-electron chi connectivity index (χ2n) is 6.28. The third-order valence-electron chi connectivity index (χ3n) is 4.25. The lowest BCUT2D eigenvalue weighted by atomic mass is 9.99. The minimum Gasteiger partial charge on any atom is -0.402 e. The van der Waals surface area contributed by atoms with Crippen molar-refractivity contribution in [1.82, 2.24) is 9.97 Å². The molecular formula is C25H33N3O. The number of hydrogen-bond donors (Lipinski definition) is 2. The van der Waals surface area contributed by atoms with E-state index in [4.69, 9.17) is 5.73 Å². The highest BCUT2D eigenvalue weighted by atomic mass is 16.1. The number of fused-ring (bicyclic) bond motifs is 1. The molecule has 2 aromatic heterocycles. The van der Waals surface area contributed by atoms with Crippen molar-refractivity contribution in [2.75, 3.05) is 0 Å². The standard InChI is InChI=1S/C21H21N3O.2C2H6/c1-12(22)9-19-14(3)24-21-20(19)10-18(11-23-21)17-7-5-16(6-8-17)13(2)15(4)25;2*1-2/h5-11H,2,22H2,1,3-4H3,(H,23,24);2*1-2H3/b12-9+;;. The van der Waals surface area contributed by atoms with E-state index in [1.165, 1.54) is 6.92 Å². The molecule has 3 rings (SSSR count). The lowest BCUT2D eigenvalue weighted by molar-refractivity contribution is -0.111. The molecule has 4 nitrogen and oxygen atoms in total. The van der Waals surface area contributed by atoms with E-state index < -0.39 is 0 Å². The number of nitrogens with one attached hydrogen (secondary N) is 1. The monoisotopic (exact) mass is 391 g/mol. The van der Waals surface area contributed by atoms with E-state index in [-0.39, 0.29) is 5.78 Å². The molecule has 0 bridgehead atoms. The zero-order valence-corrected chi connectivity index (χ0v) is 18.7. The molecule has 0 aliphatic heterocycles. The molecule has 1 aromatic carbocycles. The number of carbonyl (C=O) groups is 1. The third-order valence-corrected chi connectivity index (χ3v) is 4.25. The van der Waals surface area contributed by atoms with Gasteiger partial charge in [0.2, 0.25) is 0 Å². The maximum atomic E-state index is 11.4. The highest BCUT2D eigenvalue weighted by molar-refractivity contribution is 6.18. The maximum absolute atomic E-state index is 11.4. The Morgan fingerprint density at radius 2 is 1.66 bits per heavy atom. The number of hydrogen-bond acceptors (Lipinski definition) is 3. The first-order valence-corrected chi connectivity index (χ1v) is 10.1. The first-order valence-electron chi connectivity index (χ1n) is 10.1. The fourth-order valence-electron chi connectivity index (χ4n) is 2.86. The number of pyridine rings is 1. The molecule has 0 radical (unpaired) electrons. The van der Waals surface area contributed by atoms with Gasteiger partial charge in [-0.3, -0.25) is 4.79 Å². The maximum Gasteiger partial charge on any atom is 0.159 e. The zero-order valence-electron chi connectivity index (χ0n) is 18.7. The Hall–Kier alpha value is -3.14. The number of allylic oxidation sites excluding steroid dienone is 2. The second-order valence-corrected chi connectivity index (χ2v) is 6.28. The van der Waals surface area contributed by atoms with Gasteiger partial charge in [-0.25, -0.2) is 4.98 Å². The van der Waals surface area contributed by atoms with Crippen LogP contribution in [0.4, 0.5) is 0 Å². The van der Waals surface area contributed by atoms with Crippen LogP contribution in [0.3, 0.4) is 0 Å². The average Bonchev–Trinajstić information content (AvgIpc) is 3.04. The first-order chi connectivity index (χ1) is 13.9. The fourth-order valence-corrected chi connectivity index (χ4v) is 2.86. The van der Waals surface area contributed by atoms with Crippen molar-refractivity contribution in [3.05, 3.63) is 65.6 Å². The smallest absolute Gasteiger partial charge is 0.159 e. The number of aromatic nitrogens is 2. The van der Waals surface area contributed by atoms with Gasteiger partial charge in [0.1, 0.15) is 5.65 Å². The van der Waals surface area contributed by atoms with Crippen molar-refractivity contribution >= 4 is 28.5 Å².